The van der Waals surface area contributed by atoms with Gasteiger partial charge in [0, 0.05) is 23.6 Å². The molecule has 0 aliphatic carbocycles. The second-order valence-corrected chi connectivity index (χ2v) is 3.23. The van der Waals surface area contributed by atoms with Gasteiger partial charge >= 0.3 is 0 Å². The Labute approximate surface area is 79.6 Å². The third-order valence-electron chi connectivity index (χ3n) is 1.70. The highest BCUT2D eigenvalue weighted by Crippen LogP contribution is 2.12. The van der Waals surface area contributed by atoms with E-state index in [0.717, 1.165) is 11.3 Å². The maximum atomic E-state index is 5.68. The van der Waals surface area contributed by atoms with Crippen molar-refractivity contribution in [3.8, 4) is 0 Å². The monoisotopic (exact) mass is 192 g/mol. The topological polar surface area (TPSA) is 64.7 Å². The van der Waals surface area contributed by atoms with Gasteiger partial charge in [0.25, 0.3) is 0 Å². The molecule has 2 aromatic heterocycles. The highest BCUT2D eigenvalue weighted by Gasteiger charge is 2.02. The van der Waals surface area contributed by atoms with Gasteiger partial charge in [-0.3, -0.25) is 0 Å². The van der Waals surface area contributed by atoms with Crippen LogP contribution in [0.1, 0.15) is 11.3 Å². The van der Waals surface area contributed by atoms with Crippen molar-refractivity contribution in [2.24, 2.45) is 0 Å². The minimum absolute atomic E-state index is 0.565. The summed E-state index contributed by atoms with van der Waals surface area (Å²) < 4.78 is 3.78. The van der Waals surface area contributed by atoms with E-state index in [1.807, 2.05) is 17.5 Å². The van der Waals surface area contributed by atoms with E-state index < -0.39 is 0 Å². The zero-order valence-corrected chi connectivity index (χ0v) is 7.66. The first-order valence-corrected chi connectivity index (χ1v) is 4.65. The van der Waals surface area contributed by atoms with E-state index in [9.17, 15) is 0 Å². The Morgan fingerprint density at radius 3 is 3.08 bits per heavy atom. The largest absolute Gasteiger partial charge is 0.383 e. The summed E-state index contributed by atoms with van der Waals surface area (Å²) in [6, 6.07) is 3.81. The van der Waals surface area contributed by atoms with Crippen molar-refractivity contribution in [1.82, 2.24) is 14.6 Å². The first kappa shape index (κ1) is 8.12. The van der Waals surface area contributed by atoms with Gasteiger partial charge in [-0.2, -0.15) is 0 Å². The zero-order valence-electron chi connectivity index (χ0n) is 6.84. The lowest BCUT2D eigenvalue weighted by Gasteiger charge is -2.00. The summed E-state index contributed by atoms with van der Waals surface area (Å²) in [4.78, 5) is 3.99. The fraction of sp³-hybridized carbons (Fsp3) is 0.125. The maximum absolute atomic E-state index is 5.68. The van der Waals surface area contributed by atoms with Crippen molar-refractivity contribution in [2.75, 3.05) is 5.73 Å². The van der Waals surface area contributed by atoms with Crippen LogP contribution in [0.2, 0.25) is 0 Å². The quantitative estimate of drug-likeness (QED) is 0.774. The summed E-state index contributed by atoms with van der Waals surface area (Å²) in [5.41, 5.74) is 7.61. The molecule has 2 rings (SSSR count). The van der Waals surface area contributed by atoms with E-state index in [1.165, 1.54) is 11.5 Å². The van der Waals surface area contributed by atoms with Gasteiger partial charge in [0.1, 0.15) is 5.82 Å². The van der Waals surface area contributed by atoms with E-state index in [1.54, 1.807) is 6.20 Å². The Bertz CT molecular complexity index is 385. The average molecular weight is 192 g/mol. The standard InChI is InChI=1S/C8H8N4S/c9-8-6(2-1-3-10-8)4-7-5-13-12-11-7/h1-3,5H,4H2,(H2,9,10). The zero-order chi connectivity index (χ0) is 9.10. The minimum atomic E-state index is 0.565. The van der Waals surface area contributed by atoms with Crippen LogP contribution in [0.3, 0.4) is 0 Å². The highest BCUT2D eigenvalue weighted by atomic mass is 32.1. The number of aromatic nitrogens is 3. The first-order chi connectivity index (χ1) is 6.36. The molecular weight excluding hydrogens is 184 g/mol. The van der Waals surface area contributed by atoms with Crippen LogP contribution in [-0.4, -0.2) is 14.6 Å². The van der Waals surface area contributed by atoms with E-state index in [0.29, 0.717) is 12.2 Å². The maximum Gasteiger partial charge on any atom is 0.126 e. The van der Waals surface area contributed by atoms with E-state index >= 15 is 0 Å². The van der Waals surface area contributed by atoms with Crippen LogP contribution in [0.5, 0.6) is 0 Å². The Balaban J connectivity index is 2.24. The summed E-state index contributed by atoms with van der Waals surface area (Å²) in [5.74, 6) is 0.565. The second-order valence-electron chi connectivity index (χ2n) is 2.62. The fourth-order valence-electron chi connectivity index (χ4n) is 1.06. The Kier molecular flexibility index (Phi) is 2.18. The summed E-state index contributed by atoms with van der Waals surface area (Å²) >= 11 is 1.34. The van der Waals surface area contributed by atoms with Crippen molar-refractivity contribution in [3.63, 3.8) is 0 Å². The van der Waals surface area contributed by atoms with Gasteiger partial charge in [-0.25, -0.2) is 4.98 Å². The Morgan fingerprint density at radius 2 is 2.38 bits per heavy atom. The van der Waals surface area contributed by atoms with Gasteiger partial charge in [0.15, 0.2) is 0 Å². The molecule has 0 amide bonds. The van der Waals surface area contributed by atoms with Gasteiger partial charge in [0.05, 0.1) is 5.69 Å². The minimum Gasteiger partial charge on any atom is -0.383 e. The van der Waals surface area contributed by atoms with Gasteiger partial charge in [-0.15, -0.1) is 5.10 Å². The van der Waals surface area contributed by atoms with Crippen LogP contribution in [0.25, 0.3) is 0 Å². The van der Waals surface area contributed by atoms with Crippen LogP contribution < -0.4 is 5.73 Å². The van der Waals surface area contributed by atoms with Crippen molar-refractivity contribution in [2.45, 2.75) is 6.42 Å². The molecule has 5 heteroatoms. The van der Waals surface area contributed by atoms with Crippen molar-refractivity contribution in [3.05, 3.63) is 35.0 Å². The highest BCUT2D eigenvalue weighted by molar-refractivity contribution is 7.03. The molecular formula is C8H8N4S. The number of nitrogens with zero attached hydrogens (tertiary/aromatic N) is 3. The van der Waals surface area contributed by atoms with E-state index in [-0.39, 0.29) is 0 Å². The molecule has 0 saturated heterocycles. The number of anilines is 1. The molecule has 0 atom stereocenters. The number of hydrogen-bond donors (Lipinski definition) is 1. The fourth-order valence-corrected chi connectivity index (χ4v) is 1.51. The number of nitrogens with two attached hydrogens (primary N) is 1. The van der Waals surface area contributed by atoms with Crippen LogP contribution >= 0.6 is 11.5 Å². The molecule has 2 aromatic rings. The molecule has 13 heavy (non-hydrogen) atoms. The Hall–Kier alpha value is -1.49. The van der Waals surface area contributed by atoms with Gasteiger partial charge in [0.2, 0.25) is 0 Å². The number of pyridine rings is 1. The molecule has 2 heterocycles. The van der Waals surface area contributed by atoms with Gasteiger partial charge in [-0.1, -0.05) is 10.6 Å². The lowest BCUT2D eigenvalue weighted by molar-refractivity contribution is 1.01. The molecule has 0 spiro atoms. The van der Waals surface area contributed by atoms with Crippen molar-refractivity contribution >= 4 is 17.4 Å². The molecule has 0 aromatic carbocycles. The summed E-state index contributed by atoms with van der Waals surface area (Å²) in [7, 11) is 0. The molecule has 0 saturated carbocycles. The summed E-state index contributed by atoms with van der Waals surface area (Å²) in [6.07, 6.45) is 2.38. The van der Waals surface area contributed by atoms with Crippen molar-refractivity contribution < 1.29 is 0 Å². The summed E-state index contributed by atoms with van der Waals surface area (Å²) in [5, 5.41) is 5.85. The normalized spacial score (nSPS) is 10.2. The molecule has 66 valence electrons. The molecule has 0 aliphatic heterocycles. The van der Waals surface area contributed by atoms with E-state index in [4.69, 9.17) is 5.73 Å². The number of hydrogen-bond acceptors (Lipinski definition) is 5. The Morgan fingerprint density at radius 1 is 1.46 bits per heavy atom. The first-order valence-electron chi connectivity index (χ1n) is 3.81. The lowest BCUT2D eigenvalue weighted by Crippen LogP contribution is -1.98. The molecule has 0 unspecified atom stereocenters. The molecule has 0 radical (unpaired) electrons. The predicted molar refractivity (Wildman–Crippen MR) is 51.4 cm³/mol. The number of rotatable bonds is 2. The summed E-state index contributed by atoms with van der Waals surface area (Å²) in [6.45, 7) is 0. The molecule has 2 N–H and O–H groups in total. The smallest absolute Gasteiger partial charge is 0.126 e. The molecule has 4 nitrogen and oxygen atoms in total. The van der Waals surface area contributed by atoms with Crippen molar-refractivity contribution in [1.29, 1.82) is 0 Å². The van der Waals surface area contributed by atoms with Crippen LogP contribution in [-0.2, 0) is 6.42 Å². The van der Waals surface area contributed by atoms with Crippen LogP contribution in [0, 0.1) is 0 Å². The lowest BCUT2D eigenvalue weighted by atomic mass is 10.1. The van der Waals surface area contributed by atoms with Gasteiger partial charge in [-0.05, 0) is 17.6 Å². The van der Waals surface area contributed by atoms with Crippen LogP contribution in [0.4, 0.5) is 5.82 Å². The molecule has 0 fully saturated rings. The third-order valence-corrected chi connectivity index (χ3v) is 2.26. The van der Waals surface area contributed by atoms with Crippen LogP contribution in [0.15, 0.2) is 23.7 Å². The third kappa shape index (κ3) is 1.81. The van der Waals surface area contributed by atoms with E-state index in [2.05, 4.69) is 14.6 Å². The number of nitrogen functional groups attached to an aromatic ring is 1. The molecule has 0 bridgehead atoms. The average Bonchev–Trinajstić information content (AvgIpc) is 2.61. The predicted octanol–water partition coefficient (Wildman–Crippen LogP) is 1.11. The second kappa shape index (κ2) is 3.49. The van der Waals surface area contributed by atoms with Gasteiger partial charge < -0.3 is 5.73 Å². The SMILES string of the molecule is Nc1ncccc1Cc1csnn1. The molecule has 0 aliphatic rings.